The van der Waals surface area contributed by atoms with Gasteiger partial charge in [0.25, 0.3) is 11.1 Å². The lowest BCUT2D eigenvalue weighted by Crippen LogP contribution is -2.35. The van der Waals surface area contributed by atoms with Crippen molar-refractivity contribution in [1.82, 2.24) is 0 Å². The fraction of sp³-hybridized carbons (Fsp3) is 0. The highest BCUT2D eigenvalue weighted by molar-refractivity contribution is 7.58. The van der Waals surface area contributed by atoms with Crippen LogP contribution in [0.1, 0.15) is 10.5 Å². The van der Waals surface area contributed by atoms with E-state index in [2.05, 4.69) is 4.98 Å². The van der Waals surface area contributed by atoms with Gasteiger partial charge in [0.15, 0.2) is 0 Å². The van der Waals surface area contributed by atoms with Gasteiger partial charge in [0, 0.05) is 12.1 Å². The Morgan fingerprint density at radius 1 is 1.50 bits per heavy atom. The highest BCUT2D eigenvalue weighted by Gasteiger charge is 2.18. The molecule has 7 nitrogen and oxygen atoms in total. The summed E-state index contributed by atoms with van der Waals surface area (Å²) in [7, 11) is -4.65. The lowest BCUT2D eigenvalue weighted by Gasteiger charge is -2.09. The zero-order valence-electron chi connectivity index (χ0n) is 6.80. The number of carboxylic acids is 1. The Morgan fingerprint density at radius 2 is 2.07 bits per heavy atom. The topological polar surface area (TPSA) is 143 Å². The molecule has 1 aromatic heterocycles. The van der Waals surface area contributed by atoms with Crippen LogP contribution in [0.4, 0.5) is 0 Å². The van der Waals surface area contributed by atoms with Gasteiger partial charge in [0.1, 0.15) is 0 Å². The largest absolute Gasteiger partial charge is 0.771 e. The Kier molecular flexibility index (Phi) is 3.91. The quantitative estimate of drug-likeness (QED) is 0.532. The fourth-order valence-corrected chi connectivity index (χ4v) is 1.28. The van der Waals surface area contributed by atoms with E-state index in [9.17, 15) is 14.3 Å². The molecule has 8 heteroatoms. The SMILES string of the molecule is O.O=C(O)c1cccc(P(=O)([O-])O)[nH+]1. The maximum Gasteiger partial charge on any atom is 0.401 e. The molecule has 1 atom stereocenters. The molecule has 0 bridgehead atoms. The van der Waals surface area contributed by atoms with Crippen LogP contribution in [0.5, 0.6) is 0 Å². The fourth-order valence-electron chi connectivity index (χ4n) is 0.746. The summed E-state index contributed by atoms with van der Waals surface area (Å²) in [5.41, 5.74) is -0.824. The Hall–Kier alpha value is -1.27. The van der Waals surface area contributed by atoms with Gasteiger partial charge in [-0.1, -0.05) is 0 Å². The van der Waals surface area contributed by atoms with E-state index in [1.54, 1.807) is 0 Å². The van der Waals surface area contributed by atoms with Gasteiger partial charge in [-0.05, 0) is 6.07 Å². The van der Waals surface area contributed by atoms with E-state index in [-0.39, 0.29) is 11.2 Å². The Labute approximate surface area is 78.5 Å². The molecule has 0 aromatic carbocycles. The molecular weight excluding hydrogens is 213 g/mol. The number of carbonyl (C=O) groups is 1. The molecular formula is C6H8NO6P. The van der Waals surface area contributed by atoms with Crippen molar-refractivity contribution >= 4 is 19.0 Å². The molecule has 14 heavy (non-hydrogen) atoms. The first-order chi connectivity index (χ1) is 5.91. The highest BCUT2D eigenvalue weighted by Crippen LogP contribution is 2.24. The number of carboxylic acid groups (broad SMARTS) is 1. The molecule has 0 fully saturated rings. The van der Waals surface area contributed by atoms with Crippen molar-refractivity contribution in [2.75, 3.05) is 0 Å². The van der Waals surface area contributed by atoms with E-state index in [1.807, 2.05) is 0 Å². The van der Waals surface area contributed by atoms with Crippen molar-refractivity contribution in [3.05, 3.63) is 23.9 Å². The van der Waals surface area contributed by atoms with Gasteiger partial charge in [-0.3, -0.25) is 4.57 Å². The van der Waals surface area contributed by atoms with Crippen molar-refractivity contribution in [1.29, 1.82) is 0 Å². The maximum atomic E-state index is 10.6. The first kappa shape index (κ1) is 12.7. The summed E-state index contributed by atoms with van der Waals surface area (Å²) in [6.07, 6.45) is 0. The molecule has 0 aliphatic rings. The monoisotopic (exact) mass is 221 g/mol. The molecule has 1 heterocycles. The summed E-state index contributed by atoms with van der Waals surface area (Å²) >= 11 is 0. The Balaban J connectivity index is 0.00000169. The van der Waals surface area contributed by atoms with Gasteiger partial charge in [0.05, 0.1) is 0 Å². The number of aromatic amines is 1. The van der Waals surface area contributed by atoms with Crippen LogP contribution >= 0.6 is 7.60 Å². The van der Waals surface area contributed by atoms with Crippen LogP contribution in [0.15, 0.2) is 18.2 Å². The molecule has 0 aliphatic heterocycles. The number of pyridine rings is 1. The van der Waals surface area contributed by atoms with E-state index >= 15 is 0 Å². The Bertz CT molecular complexity index is 386. The summed E-state index contributed by atoms with van der Waals surface area (Å²) in [5, 5.41) is 8.47. The third-order valence-electron chi connectivity index (χ3n) is 1.31. The Morgan fingerprint density at radius 3 is 2.50 bits per heavy atom. The summed E-state index contributed by atoms with van der Waals surface area (Å²) in [4.78, 5) is 31.6. The maximum absolute atomic E-state index is 10.6. The van der Waals surface area contributed by atoms with Crippen LogP contribution in [0.2, 0.25) is 0 Å². The first-order valence-electron chi connectivity index (χ1n) is 3.21. The molecule has 0 saturated heterocycles. The second kappa shape index (κ2) is 4.30. The minimum atomic E-state index is -4.65. The van der Waals surface area contributed by atoms with Crippen molar-refractivity contribution in [2.24, 2.45) is 0 Å². The molecule has 0 amide bonds. The predicted molar refractivity (Wildman–Crippen MR) is 43.0 cm³/mol. The minimum absolute atomic E-state index is 0. The van der Waals surface area contributed by atoms with E-state index in [4.69, 9.17) is 10.00 Å². The number of H-pyrrole nitrogens is 1. The van der Waals surface area contributed by atoms with Gasteiger partial charge in [0.2, 0.25) is 7.60 Å². The number of hydrogen-bond donors (Lipinski definition) is 2. The van der Waals surface area contributed by atoms with Crippen LogP contribution in [0.25, 0.3) is 0 Å². The lowest BCUT2D eigenvalue weighted by atomic mass is 10.4. The molecule has 0 radical (unpaired) electrons. The van der Waals surface area contributed by atoms with Gasteiger partial charge in [-0.25, -0.2) is 4.79 Å². The van der Waals surface area contributed by atoms with Gasteiger partial charge in [-0.2, -0.15) is 4.98 Å². The molecule has 1 rings (SSSR count). The van der Waals surface area contributed by atoms with Crippen LogP contribution in [0, 0.1) is 0 Å². The summed E-state index contributed by atoms with van der Waals surface area (Å²) in [6.45, 7) is 0. The average Bonchev–Trinajstić information content (AvgIpc) is 2.03. The van der Waals surface area contributed by atoms with E-state index in [1.165, 1.54) is 12.1 Å². The van der Waals surface area contributed by atoms with Crippen LogP contribution < -0.4 is 15.3 Å². The predicted octanol–water partition coefficient (Wildman–Crippen LogP) is -2.45. The lowest BCUT2D eigenvalue weighted by molar-refractivity contribution is -0.367. The third-order valence-corrected chi connectivity index (χ3v) is 2.18. The van der Waals surface area contributed by atoms with Crippen molar-refractivity contribution in [2.45, 2.75) is 0 Å². The number of nitrogens with one attached hydrogen (secondary N) is 1. The average molecular weight is 221 g/mol. The van der Waals surface area contributed by atoms with Crippen molar-refractivity contribution in [3.63, 3.8) is 0 Å². The smallest absolute Gasteiger partial charge is 0.401 e. The minimum Gasteiger partial charge on any atom is -0.771 e. The highest BCUT2D eigenvalue weighted by atomic mass is 31.2. The molecule has 1 aromatic rings. The molecule has 78 valence electrons. The summed E-state index contributed by atoms with van der Waals surface area (Å²) < 4.78 is 10.6. The zero-order valence-corrected chi connectivity index (χ0v) is 7.69. The van der Waals surface area contributed by atoms with Crippen LogP contribution in [0.3, 0.4) is 0 Å². The van der Waals surface area contributed by atoms with Crippen LogP contribution in [-0.2, 0) is 4.57 Å². The van der Waals surface area contributed by atoms with Crippen molar-refractivity contribution < 1.29 is 34.7 Å². The number of rotatable bonds is 2. The summed E-state index contributed by atoms with van der Waals surface area (Å²) in [6, 6.07) is 3.47. The standard InChI is InChI=1S/C6H6NO5P.H2O/c8-6(9)4-2-1-3-5(7-4)13(10,11)12;/h1-3H,(H,8,9)(H2,10,11,12);1H2. The molecule has 1 unspecified atom stereocenters. The van der Waals surface area contributed by atoms with Gasteiger partial charge < -0.3 is 20.4 Å². The van der Waals surface area contributed by atoms with Crippen molar-refractivity contribution in [3.8, 4) is 0 Å². The number of aromatic nitrogens is 1. The second-order valence-corrected chi connectivity index (χ2v) is 3.80. The van der Waals surface area contributed by atoms with E-state index in [0.29, 0.717) is 0 Å². The van der Waals surface area contributed by atoms with E-state index < -0.39 is 19.0 Å². The molecule has 0 aliphatic carbocycles. The molecule has 0 spiro atoms. The molecule has 5 N–H and O–H groups in total. The zero-order chi connectivity index (χ0) is 10.1. The third kappa shape index (κ3) is 2.90. The van der Waals surface area contributed by atoms with Crippen LogP contribution in [-0.4, -0.2) is 21.4 Å². The second-order valence-electron chi connectivity index (χ2n) is 2.28. The number of aromatic carboxylic acids is 1. The van der Waals surface area contributed by atoms with Gasteiger partial charge in [-0.15, -0.1) is 0 Å². The molecule has 0 saturated carbocycles. The van der Waals surface area contributed by atoms with E-state index in [0.717, 1.165) is 6.07 Å². The summed E-state index contributed by atoms with van der Waals surface area (Å²) in [5.74, 6) is -1.30. The first-order valence-corrected chi connectivity index (χ1v) is 4.79. The number of hydrogen-bond acceptors (Lipinski definition) is 3. The van der Waals surface area contributed by atoms with Gasteiger partial charge >= 0.3 is 5.97 Å². The normalized spacial score (nSPS) is 13.9.